The van der Waals surface area contributed by atoms with Gasteiger partial charge in [-0.3, -0.25) is 14.4 Å². The highest BCUT2D eigenvalue weighted by atomic mass is 16.8. The summed E-state index contributed by atoms with van der Waals surface area (Å²) in [5, 5.41) is 174. The van der Waals surface area contributed by atoms with E-state index in [-0.39, 0.29) is 12.3 Å². The molecule has 10 unspecified atom stereocenters. The molecule has 0 radical (unpaired) electrons. The molecule has 0 aromatic carbocycles. The normalized spacial score (nSPS) is 35.3. The minimum Gasteiger partial charge on any atom is -0.394 e. The van der Waals surface area contributed by atoms with Crippen LogP contribution in [0.25, 0.3) is 0 Å². The fraction of sp³-hybridized carbons (Fsp3) is 0.929. The van der Waals surface area contributed by atoms with E-state index in [9.17, 15) is 91.0 Å². The average molecular weight is 1460 g/mol. The first-order valence-corrected chi connectivity index (χ1v) is 37.5. The number of aliphatic hydroxyl groups excluding tert-OH is 15. The highest BCUT2D eigenvalue weighted by Crippen LogP contribution is 2.37. The molecule has 18 N–H and O–H groups in total. The third kappa shape index (κ3) is 28.3. The molecule has 31 heteroatoms. The Balaban J connectivity index is 1.22. The molecule has 27 atom stereocenters. The summed E-state index contributed by atoms with van der Waals surface area (Å²) < 4.78 is 59.0. The maximum Gasteiger partial charge on any atom is 0.220 e. The molecule has 5 rings (SSSR count). The van der Waals surface area contributed by atoms with E-state index >= 15 is 0 Å². The lowest BCUT2D eigenvalue weighted by Gasteiger charge is -2.50. The van der Waals surface area contributed by atoms with Gasteiger partial charge in [-0.25, -0.2) is 0 Å². The third-order valence-corrected chi connectivity index (χ3v) is 19.6. The second-order valence-corrected chi connectivity index (χ2v) is 27.8. The summed E-state index contributed by atoms with van der Waals surface area (Å²) in [4.78, 5) is 38.4. The maximum absolute atomic E-state index is 13.5. The number of ether oxygens (including phenoxy) is 10. The minimum atomic E-state index is -2.16. The topological polar surface area (TPSA) is 483 Å². The van der Waals surface area contributed by atoms with Crippen LogP contribution in [-0.4, -0.2) is 300 Å². The molecule has 31 nitrogen and oxygen atoms in total. The number of rotatable bonds is 49. The van der Waals surface area contributed by atoms with Gasteiger partial charge in [0.2, 0.25) is 17.7 Å². The van der Waals surface area contributed by atoms with Crippen molar-refractivity contribution in [2.75, 3.05) is 39.6 Å². The van der Waals surface area contributed by atoms with Crippen LogP contribution < -0.4 is 16.0 Å². The summed E-state index contributed by atoms with van der Waals surface area (Å²) in [5.41, 5.74) is 0. The molecule has 5 aliphatic heterocycles. The Labute approximate surface area is 594 Å². The third-order valence-electron chi connectivity index (χ3n) is 19.6. The molecule has 0 aliphatic carbocycles. The number of carbonyl (C=O) groups excluding carboxylic acids is 3. The van der Waals surface area contributed by atoms with Gasteiger partial charge in [-0.05, 0) is 19.3 Å². The van der Waals surface area contributed by atoms with Crippen LogP contribution in [0.5, 0.6) is 0 Å². The van der Waals surface area contributed by atoms with E-state index in [1.807, 2.05) is 6.08 Å². The summed E-state index contributed by atoms with van der Waals surface area (Å²) in [5.74, 6) is -1.89. The maximum atomic E-state index is 13.5. The fourth-order valence-corrected chi connectivity index (χ4v) is 13.6. The lowest BCUT2D eigenvalue weighted by atomic mass is 9.94. The van der Waals surface area contributed by atoms with Crippen LogP contribution in [0, 0.1) is 0 Å². The van der Waals surface area contributed by atoms with Crippen molar-refractivity contribution in [3.8, 4) is 0 Å². The molecule has 590 valence electrons. The van der Waals surface area contributed by atoms with Crippen molar-refractivity contribution in [1.29, 1.82) is 0 Å². The zero-order valence-electron chi connectivity index (χ0n) is 59.8. The second-order valence-electron chi connectivity index (χ2n) is 27.8. The van der Waals surface area contributed by atoms with Gasteiger partial charge in [-0.1, -0.05) is 180 Å². The predicted octanol–water partition coefficient (Wildman–Crippen LogP) is -0.248. The molecule has 5 heterocycles. The number of nitrogens with one attached hydrogen (secondary N) is 3. The van der Waals surface area contributed by atoms with Gasteiger partial charge in [0.1, 0.15) is 122 Å². The van der Waals surface area contributed by atoms with Gasteiger partial charge in [-0.2, -0.15) is 0 Å². The molecule has 101 heavy (non-hydrogen) atoms. The summed E-state index contributed by atoms with van der Waals surface area (Å²) in [7, 11) is 0. The molecular formula is C70H127N3O28. The van der Waals surface area contributed by atoms with Crippen LogP contribution >= 0.6 is 0 Å². The van der Waals surface area contributed by atoms with Crippen molar-refractivity contribution in [3.05, 3.63) is 12.2 Å². The Morgan fingerprint density at radius 2 is 0.733 bits per heavy atom. The van der Waals surface area contributed by atoms with Crippen molar-refractivity contribution in [3.63, 3.8) is 0 Å². The van der Waals surface area contributed by atoms with Crippen LogP contribution in [0.3, 0.4) is 0 Å². The highest BCUT2D eigenvalue weighted by molar-refractivity contribution is 5.76. The molecule has 3 amide bonds. The number of allylic oxidation sites excluding steroid dienone is 1. The van der Waals surface area contributed by atoms with Gasteiger partial charge in [0.05, 0.1) is 51.8 Å². The molecule has 0 bridgehead atoms. The largest absolute Gasteiger partial charge is 0.394 e. The molecule has 5 saturated heterocycles. The first kappa shape index (κ1) is 88.8. The smallest absolute Gasteiger partial charge is 0.220 e. The van der Waals surface area contributed by atoms with Crippen molar-refractivity contribution in [1.82, 2.24) is 16.0 Å². The highest BCUT2D eigenvalue weighted by Gasteiger charge is 2.57. The summed E-state index contributed by atoms with van der Waals surface area (Å²) >= 11 is 0. The van der Waals surface area contributed by atoms with E-state index in [4.69, 9.17) is 47.4 Å². The molecule has 5 fully saturated rings. The van der Waals surface area contributed by atoms with Crippen molar-refractivity contribution >= 4 is 17.7 Å². The van der Waals surface area contributed by atoms with E-state index in [1.54, 1.807) is 6.08 Å². The van der Waals surface area contributed by atoms with E-state index in [1.165, 1.54) is 109 Å². The minimum absolute atomic E-state index is 0.190. The Bertz CT molecular complexity index is 2270. The molecule has 5 aliphatic rings. The zero-order valence-corrected chi connectivity index (χ0v) is 59.8. The van der Waals surface area contributed by atoms with Crippen molar-refractivity contribution in [2.24, 2.45) is 0 Å². The molecular weight excluding hydrogens is 1330 g/mol. The fourth-order valence-electron chi connectivity index (χ4n) is 13.6. The van der Waals surface area contributed by atoms with E-state index in [0.29, 0.717) is 12.8 Å². The first-order valence-electron chi connectivity index (χ1n) is 37.5. The standard InChI is InChI=1S/C70H127N3O28/c1-5-7-9-11-13-15-17-19-20-22-24-26-28-30-32-34-50(82)73-43(44(81)33-31-29-27-25-23-21-18-16-14-12-10-8-6-2)40-92-68-59(89)58(88)63(49(39-78)97-68)99-70-61(91)65(55(85)47(37-76)95-70)101-67-52(72-42(4)80)57(87)62(48(38-77)96-67)98-69-60(90)64(54(84)46(36-75)94-69)100-66-51(71-41(3)79)56(86)53(83)45(35-74)93-66/h31,33,43-49,51-70,74-78,81,83-91H,5-30,32,34-40H2,1-4H3,(H,71,79)(H,72,80)(H,73,82)/b33-31+/t43-,44+,45?,46?,47?,48?,49?,51?,52?,53+,54-,55-,56+,57+,58+,59?,60?,61?,62+,63+,64-,65-,66-,67-,68+,69-,70-/m0/s1. The van der Waals surface area contributed by atoms with Crippen LogP contribution in [-0.2, 0) is 61.8 Å². The van der Waals surface area contributed by atoms with Crippen LogP contribution in [0.2, 0.25) is 0 Å². The van der Waals surface area contributed by atoms with E-state index < -0.39 is 217 Å². The number of aliphatic hydroxyl groups is 15. The zero-order chi connectivity index (χ0) is 74.0. The summed E-state index contributed by atoms with van der Waals surface area (Å²) in [6.45, 7) is 1.38. The van der Waals surface area contributed by atoms with Gasteiger partial charge in [0.15, 0.2) is 31.5 Å². The van der Waals surface area contributed by atoms with Crippen LogP contribution in [0.15, 0.2) is 12.2 Å². The Hall–Kier alpha value is -2.85. The summed E-state index contributed by atoms with van der Waals surface area (Å²) in [6, 6.07) is -4.39. The predicted molar refractivity (Wildman–Crippen MR) is 361 cm³/mol. The quantitative estimate of drug-likeness (QED) is 0.0276. The van der Waals surface area contributed by atoms with Crippen molar-refractivity contribution < 1.29 is 138 Å². The van der Waals surface area contributed by atoms with Gasteiger partial charge in [0.25, 0.3) is 0 Å². The van der Waals surface area contributed by atoms with E-state index in [0.717, 1.165) is 65.2 Å². The first-order chi connectivity index (χ1) is 48.6. The number of hydrogen-bond donors (Lipinski definition) is 18. The monoisotopic (exact) mass is 1460 g/mol. The van der Waals surface area contributed by atoms with E-state index in [2.05, 4.69) is 29.8 Å². The Kier molecular flexibility index (Phi) is 42.6. The second kappa shape index (κ2) is 48.5. The lowest BCUT2D eigenvalue weighted by Crippen LogP contribution is -2.70. The number of unbranched alkanes of at least 4 members (excludes halogenated alkanes) is 25. The van der Waals surface area contributed by atoms with Crippen LogP contribution in [0.4, 0.5) is 0 Å². The molecule has 0 saturated carbocycles. The van der Waals surface area contributed by atoms with Gasteiger partial charge in [0, 0.05) is 20.3 Å². The van der Waals surface area contributed by atoms with Gasteiger partial charge >= 0.3 is 0 Å². The SMILES string of the molecule is CCCCCCCCCCCCC/C=C/[C@@H](O)[C@H](CO[C@@H]1OC(CO)[C@@H](O[C@@H]2OC(CO)[C@H](O)[C@H](O[C@@H]3OC(CO)[C@@H](O[C@@H]4OC(CO)[C@H](O)[C@H](O[C@@H]5OC(CO)[C@@H](O)[C@H](O)C5NC(C)=O)C4O)[C@H](O)C3NC(C)=O)C2O)[C@H](O)C1O)NC(=O)CCCCCCCCCCCCCCCCC. The lowest BCUT2D eigenvalue weighted by molar-refractivity contribution is -0.385. The Morgan fingerprint density at radius 3 is 1.15 bits per heavy atom. The molecule has 0 spiro atoms. The van der Waals surface area contributed by atoms with Gasteiger partial charge in [-0.15, -0.1) is 0 Å². The average Bonchev–Trinajstić information content (AvgIpc) is 0.771. The number of carbonyl (C=O) groups is 3. The van der Waals surface area contributed by atoms with Gasteiger partial charge < -0.3 is 140 Å². The van der Waals surface area contributed by atoms with Crippen molar-refractivity contribution in [2.45, 2.75) is 373 Å². The number of amides is 3. The summed E-state index contributed by atoms with van der Waals surface area (Å²) in [6.07, 6.45) is -9.32. The van der Waals surface area contributed by atoms with Crippen LogP contribution in [0.1, 0.15) is 207 Å². The molecule has 0 aromatic rings. The number of hydrogen-bond acceptors (Lipinski definition) is 28. The Morgan fingerprint density at radius 1 is 0.386 bits per heavy atom. The molecule has 0 aromatic heterocycles.